The number of nitrogens with zero attached hydrogens (tertiary/aromatic N) is 1. The summed E-state index contributed by atoms with van der Waals surface area (Å²) < 4.78 is 0. The molecule has 2 unspecified atom stereocenters. The van der Waals surface area contributed by atoms with Gasteiger partial charge in [0.15, 0.2) is 0 Å². The molecule has 7 nitrogen and oxygen atoms in total. The Morgan fingerprint density at radius 1 is 1.42 bits per heavy atom. The molecule has 0 spiro atoms. The van der Waals surface area contributed by atoms with Gasteiger partial charge in [-0.3, -0.25) is 14.5 Å². The van der Waals surface area contributed by atoms with Crippen LogP contribution in [0, 0.1) is 0 Å². The molecular weight excluding hydrogens is 250 g/mol. The van der Waals surface area contributed by atoms with E-state index in [-0.39, 0.29) is 12.6 Å². The zero-order chi connectivity index (χ0) is 14.8. The lowest BCUT2D eigenvalue weighted by atomic mass is 10.1. The van der Waals surface area contributed by atoms with Crippen LogP contribution in [0.25, 0.3) is 0 Å². The summed E-state index contributed by atoms with van der Waals surface area (Å²) in [6.07, 6.45) is -0.108. The standard InChI is InChI=1S/C12H21N3O4/c1-7(5-8(2)16)13-9(17)6-15-10(18)12(3,4)14-11(15)19/h7-8,16H,5-6H2,1-4H3,(H,13,17)(H,14,19). The van der Waals surface area contributed by atoms with E-state index in [1.807, 2.05) is 0 Å². The van der Waals surface area contributed by atoms with E-state index >= 15 is 0 Å². The number of urea groups is 1. The van der Waals surface area contributed by atoms with Crippen LogP contribution in [0.4, 0.5) is 4.79 Å². The van der Waals surface area contributed by atoms with Gasteiger partial charge in [0, 0.05) is 6.04 Å². The van der Waals surface area contributed by atoms with Crippen molar-refractivity contribution in [1.29, 1.82) is 0 Å². The number of carbonyl (C=O) groups is 3. The molecule has 0 aromatic carbocycles. The largest absolute Gasteiger partial charge is 0.393 e. The topological polar surface area (TPSA) is 98.7 Å². The number of rotatable bonds is 5. The Labute approximate surface area is 112 Å². The van der Waals surface area contributed by atoms with Crippen LogP contribution in [0.5, 0.6) is 0 Å². The average molecular weight is 271 g/mol. The van der Waals surface area contributed by atoms with Crippen molar-refractivity contribution in [2.24, 2.45) is 0 Å². The molecule has 0 saturated carbocycles. The highest BCUT2D eigenvalue weighted by Crippen LogP contribution is 2.15. The minimum atomic E-state index is -0.970. The quantitative estimate of drug-likeness (QED) is 0.592. The van der Waals surface area contributed by atoms with E-state index in [2.05, 4.69) is 10.6 Å². The summed E-state index contributed by atoms with van der Waals surface area (Å²) in [5, 5.41) is 14.3. The van der Waals surface area contributed by atoms with E-state index in [4.69, 9.17) is 0 Å². The Morgan fingerprint density at radius 2 is 2.00 bits per heavy atom. The molecule has 0 bridgehead atoms. The second-order valence-electron chi connectivity index (χ2n) is 5.50. The van der Waals surface area contributed by atoms with Gasteiger partial charge in [-0.2, -0.15) is 0 Å². The van der Waals surface area contributed by atoms with Gasteiger partial charge in [-0.25, -0.2) is 4.79 Å². The van der Waals surface area contributed by atoms with Crippen LogP contribution in [0.1, 0.15) is 34.1 Å². The van der Waals surface area contributed by atoms with Crippen LogP contribution in [0.15, 0.2) is 0 Å². The van der Waals surface area contributed by atoms with E-state index in [1.165, 1.54) is 0 Å². The van der Waals surface area contributed by atoms with Crippen molar-refractivity contribution in [2.45, 2.75) is 51.8 Å². The monoisotopic (exact) mass is 271 g/mol. The van der Waals surface area contributed by atoms with E-state index in [9.17, 15) is 19.5 Å². The number of aliphatic hydroxyl groups is 1. The van der Waals surface area contributed by atoms with Crippen molar-refractivity contribution in [2.75, 3.05) is 6.54 Å². The number of imide groups is 1. The maximum Gasteiger partial charge on any atom is 0.325 e. The molecule has 1 rings (SSSR count). The molecular formula is C12H21N3O4. The maximum absolute atomic E-state index is 11.9. The second-order valence-corrected chi connectivity index (χ2v) is 5.50. The summed E-state index contributed by atoms with van der Waals surface area (Å²) in [4.78, 5) is 36.1. The molecule has 108 valence electrons. The van der Waals surface area contributed by atoms with Crippen LogP contribution < -0.4 is 10.6 Å². The SMILES string of the molecule is CC(O)CC(C)NC(=O)CN1C(=O)NC(C)(C)C1=O. The predicted molar refractivity (Wildman–Crippen MR) is 68.2 cm³/mol. The molecule has 7 heteroatoms. The van der Waals surface area contributed by atoms with Crippen molar-refractivity contribution >= 4 is 17.8 Å². The molecule has 1 aliphatic rings. The Balaban J connectivity index is 2.54. The minimum Gasteiger partial charge on any atom is -0.393 e. The van der Waals surface area contributed by atoms with Gasteiger partial charge < -0.3 is 15.7 Å². The zero-order valence-corrected chi connectivity index (χ0v) is 11.7. The molecule has 2 atom stereocenters. The molecule has 19 heavy (non-hydrogen) atoms. The summed E-state index contributed by atoms with van der Waals surface area (Å²) >= 11 is 0. The van der Waals surface area contributed by atoms with Gasteiger partial charge in [-0.05, 0) is 34.1 Å². The van der Waals surface area contributed by atoms with E-state index in [0.29, 0.717) is 6.42 Å². The zero-order valence-electron chi connectivity index (χ0n) is 11.7. The summed E-state index contributed by atoms with van der Waals surface area (Å²) in [5.41, 5.74) is -0.970. The molecule has 1 fully saturated rings. The summed E-state index contributed by atoms with van der Waals surface area (Å²) in [6.45, 7) is 6.24. The molecule has 0 aromatic heterocycles. The van der Waals surface area contributed by atoms with Gasteiger partial charge in [0.2, 0.25) is 5.91 Å². The Kier molecular flexibility index (Phi) is 4.52. The van der Waals surface area contributed by atoms with Gasteiger partial charge in [0.1, 0.15) is 12.1 Å². The summed E-state index contributed by atoms with van der Waals surface area (Å²) in [5.74, 6) is -0.842. The molecule has 1 saturated heterocycles. The van der Waals surface area contributed by atoms with Crippen molar-refractivity contribution < 1.29 is 19.5 Å². The first-order valence-corrected chi connectivity index (χ1v) is 6.25. The van der Waals surface area contributed by atoms with E-state index < -0.39 is 29.5 Å². The Bertz CT molecular complexity index is 392. The molecule has 0 radical (unpaired) electrons. The third-order valence-electron chi connectivity index (χ3n) is 2.85. The lowest BCUT2D eigenvalue weighted by Crippen LogP contribution is -2.45. The van der Waals surface area contributed by atoms with Crippen LogP contribution in [0.3, 0.4) is 0 Å². The lowest BCUT2D eigenvalue weighted by Gasteiger charge is -2.18. The third kappa shape index (κ3) is 3.92. The molecule has 0 aromatic rings. The van der Waals surface area contributed by atoms with E-state index in [0.717, 1.165) is 4.90 Å². The van der Waals surface area contributed by atoms with Crippen LogP contribution in [-0.4, -0.2) is 52.1 Å². The van der Waals surface area contributed by atoms with Crippen LogP contribution in [0.2, 0.25) is 0 Å². The fourth-order valence-electron chi connectivity index (χ4n) is 2.00. The fraction of sp³-hybridized carbons (Fsp3) is 0.750. The number of nitrogens with one attached hydrogen (secondary N) is 2. The first-order valence-electron chi connectivity index (χ1n) is 6.25. The number of hydrogen-bond donors (Lipinski definition) is 3. The normalized spacial score (nSPS) is 21.0. The second kappa shape index (κ2) is 5.56. The highest BCUT2D eigenvalue weighted by Gasteiger charge is 2.44. The number of aliphatic hydroxyl groups excluding tert-OH is 1. The smallest absolute Gasteiger partial charge is 0.325 e. The third-order valence-corrected chi connectivity index (χ3v) is 2.85. The molecule has 3 N–H and O–H groups in total. The van der Waals surface area contributed by atoms with Crippen LogP contribution >= 0.6 is 0 Å². The Hall–Kier alpha value is -1.63. The van der Waals surface area contributed by atoms with Gasteiger partial charge in [-0.15, -0.1) is 0 Å². The highest BCUT2D eigenvalue weighted by molar-refractivity contribution is 6.08. The average Bonchev–Trinajstić information content (AvgIpc) is 2.39. The highest BCUT2D eigenvalue weighted by atomic mass is 16.3. The lowest BCUT2D eigenvalue weighted by molar-refractivity contribution is -0.134. The van der Waals surface area contributed by atoms with Gasteiger partial charge >= 0.3 is 6.03 Å². The van der Waals surface area contributed by atoms with Crippen molar-refractivity contribution in [3.05, 3.63) is 0 Å². The fourth-order valence-corrected chi connectivity index (χ4v) is 2.00. The van der Waals surface area contributed by atoms with Gasteiger partial charge in [0.25, 0.3) is 5.91 Å². The van der Waals surface area contributed by atoms with Crippen LogP contribution in [-0.2, 0) is 9.59 Å². The van der Waals surface area contributed by atoms with Crippen molar-refractivity contribution in [1.82, 2.24) is 15.5 Å². The molecule has 4 amide bonds. The summed E-state index contributed by atoms with van der Waals surface area (Å²) in [6, 6.07) is -0.783. The Morgan fingerprint density at radius 3 is 2.42 bits per heavy atom. The molecule has 1 aliphatic heterocycles. The maximum atomic E-state index is 11.9. The van der Waals surface area contributed by atoms with Crippen molar-refractivity contribution in [3.63, 3.8) is 0 Å². The number of carbonyl (C=O) groups excluding carboxylic acids is 3. The van der Waals surface area contributed by atoms with Gasteiger partial charge in [0.05, 0.1) is 6.10 Å². The van der Waals surface area contributed by atoms with Gasteiger partial charge in [-0.1, -0.05) is 0 Å². The predicted octanol–water partition coefficient (Wildman–Crippen LogP) is -0.408. The first-order chi connectivity index (χ1) is 8.63. The number of hydrogen-bond acceptors (Lipinski definition) is 4. The number of amides is 4. The first kappa shape index (κ1) is 15.4. The van der Waals surface area contributed by atoms with E-state index in [1.54, 1.807) is 27.7 Å². The molecule has 0 aliphatic carbocycles. The minimum absolute atomic E-state index is 0.221. The summed E-state index contributed by atoms with van der Waals surface area (Å²) in [7, 11) is 0. The molecule has 1 heterocycles. The van der Waals surface area contributed by atoms with Crippen molar-refractivity contribution in [3.8, 4) is 0 Å².